The maximum absolute atomic E-state index is 3.42. The van der Waals surface area contributed by atoms with Crippen molar-refractivity contribution < 1.29 is 0 Å². The van der Waals surface area contributed by atoms with E-state index in [0.29, 0.717) is 12.0 Å². The standard InChI is InChI=1S/C16H21NS/c1-11(2)13-5-7-14(8-6-13)16(17-4)15-10-18-9-12(15)3/h5-11,16-17H,1-4H3. The largest absolute Gasteiger partial charge is 0.309 e. The first-order valence-electron chi connectivity index (χ1n) is 6.43. The molecule has 2 rings (SSSR count). The molecule has 1 aromatic heterocycles. The van der Waals surface area contributed by atoms with Crippen LogP contribution >= 0.6 is 11.3 Å². The van der Waals surface area contributed by atoms with Gasteiger partial charge >= 0.3 is 0 Å². The number of hydrogen-bond acceptors (Lipinski definition) is 2. The van der Waals surface area contributed by atoms with E-state index in [1.54, 1.807) is 11.3 Å². The molecule has 0 spiro atoms. The van der Waals surface area contributed by atoms with Crippen molar-refractivity contribution in [2.24, 2.45) is 0 Å². The highest BCUT2D eigenvalue weighted by Gasteiger charge is 2.14. The van der Waals surface area contributed by atoms with Gasteiger partial charge < -0.3 is 5.32 Å². The Morgan fingerprint density at radius 1 is 1.00 bits per heavy atom. The lowest BCUT2D eigenvalue weighted by Crippen LogP contribution is -2.17. The number of benzene rings is 1. The zero-order valence-corrected chi connectivity index (χ0v) is 12.3. The first-order chi connectivity index (χ1) is 8.63. The van der Waals surface area contributed by atoms with E-state index in [9.17, 15) is 0 Å². The van der Waals surface area contributed by atoms with Crippen LogP contribution in [0.2, 0.25) is 0 Å². The summed E-state index contributed by atoms with van der Waals surface area (Å²) in [4.78, 5) is 0. The predicted molar refractivity (Wildman–Crippen MR) is 80.5 cm³/mol. The average molecular weight is 259 g/mol. The third-order valence-corrected chi connectivity index (χ3v) is 4.31. The van der Waals surface area contributed by atoms with Crippen molar-refractivity contribution in [2.75, 3.05) is 7.05 Å². The smallest absolute Gasteiger partial charge is 0.0585 e. The fraction of sp³-hybridized carbons (Fsp3) is 0.375. The predicted octanol–water partition coefficient (Wildman–Crippen LogP) is 4.49. The first-order valence-corrected chi connectivity index (χ1v) is 7.37. The molecule has 0 saturated heterocycles. The minimum atomic E-state index is 0.303. The third-order valence-electron chi connectivity index (χ3n) is 3.43. The van der Waals surface area contributed by atoms with Crippen molar-refractivity contribution in [1.82, 2.24) is 5.32 Å². The molecule has 2 aromatic rings. The zero-order valence-electron chi connectivity index (χ0n) is 11.5. The molecular weight excluding hydrogens is 238 g/mol. The molecule has 0 amide bonds. The van der Waals surface area contributed by atoms with Crippen LogP contribution in [0.4, 0.5) is 0 Å². The number of hydrogen-bond donors (Lipinski definition) is 1. The van der Waals surface area contributed by atoms with Gasteiger partial charge in [0.05, 0.1) is 6.04 Å². The normalized spacial score (nSPS) is 12.9. The molecule has 1 nitrogen and oxygen atoms in total. The molecule has 0 aliphatic carbocycles. The average Bonchev–Trinajstić information content (AvgIpc) is 2.78. The van der Waals surface area contributed by atoms with Crippen LogP contribution in [0.25, 0.3) is 0 Å². The molecule has 1 heterocycles. The molecule has 1 N–H and O–H groups in total. The second kappa shape index (κ2) is 5.68. The van der Waals surface area contributed by atoms with E-state index in [1.807, 2.05) is 7.05 Å². The topological polar surface area (TPSA) is 12.0 Å². The van der Waals surface area contributed by atoms with Crippen molar-refractivity contribution in [3.63, 3.8) is 0 Å². The number of rotatable bonds is 4. The van der Waals surface area contributed by atoms with Crippen LogP contribution in [0, 0.1) is 6.92 Å². The van der Waals surface area contributed by atoms with Gasteiger partial charge in [0.2, 0.25) is 0 Å². The van der Waals surface area contributed by atoms with Crippen molar-refractivity contribution >= 4 is 11.3 Å². The monoisotopic (exact) mass is 259 g/mol. The fourth-order valence-electron chi connectivity index (χ4n) is 2.24. The summed E-state index contributed by atoms with van der Waals surface area (Å²) in [7, 11) is 2.03. The Morgan fingerprint density at radius 3 is 2.06 bits per heavy atom. The third kappa shape index (κ3) is 2.65. The lowest BCUT2D eigenvalue weighted by Gasteiger charge is -2.18. The highest BCUT2D eigenvalue weighted by Crippen LogP contribution is 2.28. The maximum Gasteiger partial charge on any atom is 0.0585 e. The molecule has 0 aliphatic rings. The van der Waals surface area contributed by atoms with Crippen LogP contribution in [0.1, 0.15) is 48.1 Å². The van der Waals surface area contributed by atoms with Crippen LogP contribution in [-0.2, 0) is 0 Å². The lowest BCUT2D eigenvalue weighted by molar-refractivity contribution is 0.689. The molecule has 1 atom stereocenters. The van der Waals surface area contributed by atoms with Gasteiger partial charge in [-0.25, -0.2) is 0 Å². The highest BCUT2D eigenvalue weighted by atomic mass is 32.1. The van der Waals surface area contributed by atoms with Crippen molar-refractivity contribution in [3.8, 4) is 0 Å². The van der Waals surface area contributed by atoms with Crippen LogP contribution in [0.15, 0.2) is 35.0 Å². The summed E-state index contributed by atoms with van der Waals surface area (Å²) in [5.41, 5.74) is 5.49. The van der Waals surface area contributed by atoms with Crippen LogP contribution in [0.5, 0.6) is 0 Å². The van der Waals surface area contributed by atoms with E-state index in [1.165, 1.54) is 22.3 Å². The summed E-state index contributed by atoms with van der Waals surface area (Å²) in [5, 5.41) is 7.87. The summed E-state index contributed by atoms with van der Waals surface area (Å²) in [6.07, 6.45) is 0. The Kier molecular flexibility index (Phi) is 4.20. The molecule has 0 aliphatic heterocycles. The SMILES string of the molecule is CNC(c1ccc(C(C)C)cc1)c1cscc1C. The van der Waals surface area contributed by atoms with Gasteiger partial charge in [0.1, 0.15) is 0 Å². The van der Waals surface area contributed by atoms with E-state index >= 15 is 0 Å². The maximum atomic E-state index is 3.42. The summed E-state index contributed by atoms with van der Waals surface area (Å²) < 4.78 is 0. The van der Waals surface area contributed by atoms with Gasteiger partial charge in [0.25, 0.3) is 0 Å². The molecule has 18 heavy (non-hydrogen) atoms. The van der Waals surface area contributed by atoms with Gasteiger partial charge in [-0.2, -0.15) is 11.3 Å². The van der Waals surface area contributed by atoms with Gasteiger partial charge in [-0.1, -0.05) is 38.1 Å². The fourth-order valence-corrected chi connectivity index (χ4v) is 3.12. The second-order valence-electron chi connectivity index (χ2n) is 5.05. The number of nitrogens with one attached hydrogen (secondary N) is 1. The van der Waals surface area contributed by atoms with Gasteiger partial charge in [0, 0.05) is 0 Å². The number of aryl methyl sites for hydroxylation is 1. The van der Waals surface area contributed by atoms with Gasteiger partial charge in [-0.05, 0) is 52.9 Å². The van der Waals surface area contributed by atoms with E-state index < -0.39 is 0 Å². The quantitative estimate of drug-likeness (QED) is 0.853. The molecule has 1 unspecified atom stereocenters. The summed E-state index contributed by atoms with van der Waals surface area (Å²) in [6.45, 7) is 6.64. The lowest BCUT2D eigenvalue weighted by atomic mass is 9.95. The Labute approximate surface area is 114 Å². The van der Waals surface area contributed by atoms with Gasteiger partial charge in [-0.3, -0.25) is 0 Å². The molecule has 1 aromatic carbocycles. The molecule has 0 saturated carbocycles. The van der Waals surface area contributed by atoms with Crippen LogP contribution in [0.3, 0.4) is 0 Å². The Balaban J connectivity index is 2.31. The molecule has 0 bridgehead atoms. The molecule has 0 radical (unpaired) electrons. The van der Waals surface area contributed by atoms with Crippen LogP contribution in [-0.4, -0.2) is 7.05 Å². The minimum absolute atomic E-state index is 0.303. The molecule has 2 heteroatoms. The van der Waals surface area contributed by atoms with E-state index in [2.05, 4.69) is 61.1 Å². The van der Waals surface area contributed by atoms with Crippen molar-refractivity contribution in [1.29, 1.82) is 0 Å². The first kappa shape index (κ1) is 13.3. The highest BCUT2D eigenvalue weighted by molar-refractivity contribution is 7.08. The molecule has 0 fully saturated rings. The van der Waals surface area contributed by atoms with Crippen molar-refractivity contribution in [2.45, 2.75) is 32.7 Å². The van der Waals surface area contributed by atoms with Crippen LogP contribution < -0.4 is 5.32 Å². The second-order valence-corrected chi connectivity index (χ2v) is 5.80. The Bertz CT molecular complexity index is 496. The molecule has 96 valence electrons. The summed E-state index contributed by atoms with van der Waals surface area (Å²) in [5.74, 6) is 0.593. The summed E-state index contributed by atoms with van der Waals surface area (Å²) in [6, 6.07) is 9.27. The van der Waals surface area contributed by atoms with E-state index in [-0.39, 0.29) is 0 Å². The van der Waals surface area contributed by atoms with Gasteiger partial charge in [0.15, 0.2) is 0 Å². The summed E-state index contributed by atoms with van der Waals surface area (Å²) >= 11 is 1.77. The van der Waals surface area contributed by atoms with Crippen molar-refractivity contribution in [3.05, 3.63) is 57.3 Å². The number of thiophene rings is 1. The van der Waals surface area contributed by atoms with Gasteiger partial charge in [-0.15, -0.1) is 0 Å². The Morgan fingerprint density at radius 2 is 1.61 bits per heavy atom. The Hall–Kier alpha value is -1.12. The zero-order chi connectivity index (χ0) is 13.1. The van der Waals surface area contributed by atoms with E-state index in [0.717, 1.165) is 0 Å². The minimum Gasteiger partial charge on any atom is -0.309 e. The van der Waals surface area contributed by atoms with E-state index in [4.69, 9.17) is 0 Å². The molecular formula is C16H21NS.